The van der Waals surface area contributed by atoms with Crippen molar-refractivity contribution in [3.05, 3.63) is 27.7 Å². The van der Waals surface area contributed by atoms with Crippen molar-refractivity contribution < 1.29 is 0 Å². The fourth-order valence-electron chi connectivity index (χ4n) is 1.43. The Morgan fingerprint density at radius 3 is 2.92 bits per heavy atom. The highest BCUT2D eigenvalue weighted by Crippen LogP contribution is 2.44. The normalized spacial score (nSPS) is 21.3. The van der Waals surface area contributed by atoms with Gasteiger partial charge in [0.25, 0.3) is 0 Å². The van der Waals surface area contributed by atoms with Crippen LogP contribution in [0.3, 0.4) is 0 Å². The minimum Gasteiger partial charge on any atom is -0.171 e. The number of fused-ring (bicyclic) bond motifs is 1. The molecule has 2 rings (SSSR count). The first-order chi connectivity index (χ1) is 6.18. The summed E-state index contributed by atoms with van der Waals surface area (Å²) in [5.74, 6) is 1.10. The summed E-state index contributed by atoms with van der Waals surface area (Å²) >= 11 is 18.3. The van der Waals surface area contributed by atoms with Crippen molar-refractivity contribution in [1.29, 1.82) is 0 Å². The Hall–Kier alpha value is 0.500. The maximum atomic E-state index is 6.10. The second-order valence-electron chi connectivity index (χ2n) is 2.95. The molecule has 0 aliphatic carbocycles. The van der Waals surface area contributed by atoms with Gasteiger partial charge in [-0.25, -0.2) is 0 Å². The summed E-state index contributed by atoms with van der Waals surface area (Å²) in [4.78, 5) is 1.18. The van der Waals surface area contributed by atoms with Crippen LogP contribution in [0, 0.1) is 0 Å². The van der Waals surface area contributed by atoms with Crippen molar-refractivity contribution in [2.45, 2.75) is 16.6 Å². The molecule has 13 heavy (non-hydrogen) atoms. The van der Waals surface area contributed by atoms with Crippen LogP contribution < -0.4 is 0 Å². The Bertz CT molecular complexity index is 339. The molecule has 0 N–H and O–H groups in total. The number of halogens is 2. The van der Waals surface area contributed by atoms with E-state index in [2.05, 4.69) is 12.6 Å². The lowest BCUT2D eigenvalue weighted by atomic mass is 10.1. The van der Waals surface area contributed by atoms with E-state index in [1.54, 1.807) is 17.8 Å². The Morgan fingerprint density at radius 1 is 1.38 bits per heavy atom. The molecule has 0 spiro atoms. The minimum atomic E-state index is 0.265. The lowest BCUT2D eigenvalue weighted by Crippen LogP contribution is -2.02. The lowest BCUT2D eigenvalue weighted by molar-refractivity contribution is 0.872. The molecule has 1 heterocycles. The van der Waals surface area contributed by atoms with E-state index >= 15 is 0 Å². The number of thioether (sulfide) groups is 1. The second kappa shape index (κ2) is 3.93. The van der Waals surface area contributed by atoms with Gasteiger partial charge >= 0.3 is 0 Å². The molecule has 1 aromatic rings. The monoisotopic (exact) mass is 250 g/mol. The molecule has 0 aromatic heterocycles. The predicted molar refractivity (Wildman–Crippen MR) is 63.5 cm³/mol. The van der Waals surface area contributed by atoms with E-state index < -0.39 is 0 Å². The van der Waals surface area contributed by atoms with Gasteiger partial charge in [-0.05, 0) is 29.9 Å². The summed E-state index contributed by atoms with van der Waals surface area (Å²) in [6.45, 7) is 0. The molecule has 70 valence electrons. The largest absolute Gasteiger partial charge is 0.171 e. The van der Waals surface area contributed by atoms with E-state index in [1.807, 2.05) is 6.07 Å². The SMILES string of the molecule is SC1CCSc2cc(Cl)cc(Cl)c21. The van der Waals surface area contributed by atoms with Crippen LogP contribution in [-0.4, -0.2) is 5.75 Å². The molecule has 0 radical (unpaired) electrons. The van der Waals surface area contributed by atoms with Crippen molar-refractivity contribution in [1.82, 2.24) is 0 Å². The van der Waals surface area contributed by atoms with Crippen molar-refractivity contribution in [2.24, 2.45) is 0 Å². The highest BCUT2D eigenvalue weighted by molar-refractivity contribution is 7.99. The van der Waals surface area contributed by atoms with Gasteiger partial charge in [0, 0.05) is 20.2 Å². The number of thiol groups is 1. The van der Waals surface area contributed by atoms with E-state index in [0.717, 1.165) is 22.8 Å². The van der Waals surface area contributed by atoms with Crippen LogP contribution in [0.1, 0.15) is 17.2 Å². The van der Waals surface area contributed by atoms with E-state index in [0.29, 0.717) is 5.02 Å². The third-order valence-electron chi connectivity index (χ3n) is 2.04. The van der Waals surface area contributed by atoms with Gasteiger partial charge in [0.1, 0.15) is 0 Å². The van der Waals surface area contributed by atoms with Crippen LogP contribution in [0.5, 0.6) is 0 Å². The molecule has 1 atom stereocenters. The molecule has 0 saturated carbocycles. The minimum absolute atomic E-state index is 0.265. The smallest absolute Gasteiger partial charge is 0.0475 e. The van der Waals surface area contributed by atoms with Crippen LogP contribution >= 0.6 is 47.6 Å². The molecule has 0 nitrogen and oxygen atoms in total. The van der Waals surface area contributed by atoms with Crippen LogP contribution in [0.25, 0.3) is 0 Å². The topological polar surface area (TPSA) is 0 Å². The van der Waals surface area contributed by atoms with Crippen LogP contribution in [0.15, 0.2) is 17.0 Å². The molecular formula is C9H8Cl2S2. The third kappa shape index (κ3) is 1.96. The highest BCUT2D eigenvalue weighted by atomic mass is 35.5. The number of rotatable bonds is 0. The van der Waals surface area contributed by atoms with Crippen molar-refractivity contribution in [2.75, 3.05) is 5.75 Å². The average Bonchev–Trinajstić information content (AvgIpc) is 2.02. The van der Waals surface area contributed by atoms with Crippen molar-refractivity contribution >= 4 is 47.6 Å². The van der Waals surface area contributed by atoms with E-state index in [4.69, 9.17) is 23.2 Å². The molecule has 0 saturated heterocycles. The van der Waals surface area contributed by atoms with Gasteiger partial charge in [0.2, 0.25) is 0 Å². The molecule has 1 unspecified atom stereocenters. The number of benzene rings is 1. The maximum absolute atomic E-state index is 6.10. The van der Waals surface area contributed by atoms with Crippen molar-refractivity contribution in [3.8, 4) is 0 Å². The molecule has 0 fully saturated rings. The van der Waals surface area contributed by atoms with Crippen LogP contribution in [0.4, 0.5) is 0 Å². The summed E-state index contributed by atoms with van der Waals surface area (Å²) < 4.78 is 0. The molecule has 1 aromatic carbocycles. The molecular weight excluding hydrogens is 243 g/mol. The zero-order valence-corrected chi connectivity index (χ0v) is 9.98. The number of hydrogen-bond donors (Lipinski definition) is 1. The average molecular weight is 251 g/mol. The summed E-state index contributed by atoms with van der Waals surface area (Å²) in [6, 6.07) is 3.76. The Morgan fingerprint density at radius 2 is 2.15 bits per heavy atom. The zero-order valence-electron chi connectivity index (χ0n) is 6.76. The highest BCUT2D eigenvalue weighted by Gasteiger charge is 2.20. The van der Waals surface area contributed by atoms with Gasteiger partial charge < -0.3 is 0 Å². The second-order valence-corrected chi connectivity index (χ2v) is 5.56. The van der Waals surface area contributed by atoms with Gasteiger partial charge in [0.15, 0.2) is 0 Å². The lowest BCUT2D eigenvalue weighted by Gasteiger charge is -2.22. The van der Waals surface area contributed by atoms with E-state index in [1.165, 1.54) is 4.90 Å². The molecule has 1 aliphatic rings. The van der Waals surface area contributed by atoms with Gasteiger partial charge in [0.05, 0.1) is 0 Å². The molecule has 1 aliphatic heterocycles. The maximum Gasteiger partial charge on any atom is 0.0475 e. The standard InChI is InChI=1S/C9H8Cl2S2/c10-5-3-6(11)9-7(12)1-2-13-8(9)4-5/h3-4,7,12H,1-2H2. The van der Waals surface area contributed by atoms with Crippen LogP contribution in [0.2, 0.25) is 10.0 Å². The molecule has 0 bridgehead atoms. The third-order valence-corrected chi connectivity index (χ3v) is 4.17. The first-order valence-corrected chi connectivity index (χ1v) is 6.24. The first-order valence-electron chi connectivity index (χ1n) is 3.98. The quantitative estimate of drug-likeness (QED) is 0.664. The van der Waals surface area contributed by atoms with Crippen LogP contribution in [-0.2, 0) is 0 Å². The zero-order chi connectivity index (χ0) is 9.42. The van der Waals surface area contributed by atoms with E-state index in [9.17, 15) is 0 Å². The fraction of sp³-hybridized carbons (Fsp3) is 0.333. The van der Waals surface area contributed by atoms with Crippen molar-refractivity contribution in [3.63, 3.8) is 0 Å². The molecule has 0 amide bonds. The van der Waals surface area contributed by atoms with E-state index in [-0.39, 0.29) is 5.25 Å². The fourth-order valence-corrected chi connectivity index (χ4v) is 4.11. The van der Waals surface area contributed by atoms with Gasteiger partial charge in [-0.15, -0.1) is 11.8 Å². The van der Waals surface area contributed by atoms with Gasteiger partial charge in [-0.1, -0.05) is 23.2 Å². The Balaban J connectivity index is 2.56. The summed E-state index contributed by atoms with van der Waals surface area (Å²) in [5, 5.41) is 1.72. The molecule has 4 heteroatoms. The summed E-state index contributed by atoms with van der Waals surface area (Å²) in [7, 11) is 0. The Labute approximate surface area is 97.4 Å². The summed E-state index contributed by atoms with van der Waals surface area (Å²) in [5.41, 5.74) is 1.14. The van der Waals surface area contributed by atoms with Gasteiger partial charge in [-0.2, -0.15) is 12.6 Å². The summed E-state index contributed by atoms with van der Waals surface area (Å²) in [6.07, 6.45) is 1.07. The first kappa shape index (κ1) is 10.0. The Kier molecular flexibility index (Phi) is 3.04. The van der Waals surface area contributed by atoms with Gasteiger partial charge in [-0.3, -0.25) is 0 Å². The predicted octanol–water partition coefficient (Wildman–Crippen LogP) is 4.46. The number of hydrogen-bond acceptors (Lipinski definition) is 2.